The first-order valence-corrected chi connectivity index (χ1v) is 6.82. The van der Waals surface area contributed by atoms with E-state index in [0.717, 1.165) is 18.5 Å². The molecule has 1 heterocycles. The molecule has 5 nitrogen and oxygen atoms in total. The lowest BCUT2D eigenvalue weighted by atomic mass is 9.64. The first-order valence-electron chi connectivity index (χ1n) is 6.82. The van der Waals surface area contributed by atoms with Crippen molar-refractivity contribution >= 4 is 11.7 Å². The highest BCUT2D eigenvalue weighted by Gasteiger charge is 2.40. The van der Waals surface area contributed by atoms with E-state index in [1.54, 1.807) is 10.9 Å². The van der Waals surface area contributed by atoms with Crippen LogP contribution in [0.5, 0.6) is 0 Å². The molecule has 1 aromatic carbocycles. The summed E-state index contributed by atoms with van der Waals surface area (Å²) in [7, 11) is 0. The number of nitrogens with zero attached hydrogens (tertiary/aromatic N) is 3. The molecular formula is C15H18N4O. The van der Waals surface area contributed by atoms with Gasteiger partial charge >= 0.3 is 0 Å². The lowest BCUT2D eigenvalue weighted by molar-refractivity contribution is -0.126. The third-order valence-corrected chi connectivity index (χ3v) is 3.73. The SMILES string of the molecule is CC1(C)CC(C(=O)Nc2cn(-c3ccccc3)nn2)C1. The molecule has 20 heavy (non-hydrogen) atoms. The summed E-state index contributed by atoms with van der Waals surface area (Å²) < 4.78 is 1.65. The molecule has 1 amide bonds. The van der Waals surface area contributed by atoms with E-state index >= 15 is 0 Å². The molecule has 0 bridgehead atoms. The van der Waals surface area contributed by atoms with Gasteiger partial charge < -0.3 is 5.32 Å². The Labute approximate surface area is 118 Å². The van der Waals surface area contributed by atoms with Crippen molar-refractivity contribution in [3.63, 3.8) is 0 Å². The highest BCUT2D eigenvalue weighted by Crippen LogP contribution is 2.44. The Hall–Kier alpha value is -2.17. The second-order valence-corrected chi connectivity index (χ2v) is 6.14. The second kappa shape index (κ2) is 4.74. The molecule has 1 saturated carbocycles. The number of benzene rings is 1. The zero-order valence-corrected chi connectivity index (χ0v) is 11.7. The molecule has 3 rings (SSSR count). The zero-order valence-electron chi connectivity index (χ0n) is 11.7. The first kappa shape index (κ1) is 12.8. The number of anilines is 1. The molecule has 1 aromatic heterocycles. The number of hydrogen-bond acceptors (Lipinski definition) is 3. The summed E-state index contributed by atoms with van der Waals surface area (Å²) >= 11 is 0. The van der Waals surface area contributed by atoms with Gasteiger partial charge in [0.1, 0.15) is 0 Å². The lowest BCUT2D eigenvalue weighted by Gasteiger charge is -2.41. The van der Waals surface area contributed by atoms with E-state index in [2.05, 4.69) is 29.5 Å². The number of hydrogen-bond donors (Lipinski definition) is 1. The maximum atomic E-state index is 12.0. The predicted molar refractivity (Wildman–Crippen MR) is 76.5 cm³/mol. The van der Waals surface area contributed by atoms with Crippen molar-refractivity contribution in [2.24, 2.45) is 11.3 Å². The Balaban J connectivity index is 1.65. The average Bonchev–Trinajstić information content (AvgIpc) is 2.85. The second-order valence-electron chi connectivity index (χ2n) is 6.14. The van der Waals surface area contributed by atoms with E-state index < -0.39 is 0 Å². The van der Waals surface area contributed by atoms with Gasteiger partial charge in [0.05, 0.1) is 11.9 Å². The van der Waals surface area contributed by atoms with Crippen LogP contribution in [0.3, 0.4) is 0 Å². The minimum absolute atomic E-state index is 0.0458. The van der Waals surface area contributed by atoms with Crippen molar-refractivity contribution in [1.29, 1.82) is 0 Å². The van der Waals surface area contributed by atoms with Gasteiger partial charge in [0, 0.05) is 5.92 Å². The largest absolute Gasteiger partial charge is 0.308 e. The quantitative estimate of drug-likeness (QED) is 0.932. The standard InChI is InChI=1S/C15H18N4O/c1-15(2)8-11(9-15)14(20)16-13-10-19(18-17-13)12-6-4-3-5-7-12/h3-7,10-11H,8-9H2,1-2H3,(H,16,20). The highest BCUT2D eigenvalue weighted by atomic mass is 16.2. The predicted octanol–water partition coefficient (Wildman–Crippen LogP) is 2.64. The summed E-state index contributed by atoms with van der Waals surface area (Å²) in [6.45, 7) is 4.37. The Morgan fingerprint density at radius 3 is 2.65 bits per heavy atom. The molecule has 1 N–H and O–H groups in total. The van der Waals surface area contributed by atoms with E-state index in [4.69, 9.17) is 0 Å². The van der Waals surface area contributed by atoms with Crippen molar-refractivity contribution in [2.75, 3.05) is 5.32 Å². The minimum Gasteiger partial charge on any atom is -0.308 e. The van der Waals surface area contributed by atoms with Gasteiger partial charge in [0.2, 0.25) is 5.91 Å². The molecule has 0 radical (unpaired) electrons. The fourth-order valence-electron chi connectivity index (χ4n) is 2.72. The smallest absolute Gasteiger partial charge is 0.228 e. The third kappa shape index (κ3) is 2.57. The van der Waals surface area contributed by atoms with Crippen molar-refractivity contribution in [2.45, 2.75) is 26.7 Å². The molecule has 0 aliphatic heterocycles. The number of aromatic nitrogens is 3. The van der Waals surface area contributed by atoms with Crippen LogP contribution in [0.1, 0.15) is 26.7 Å². The van der Waals surface area contributed by atoms with Gasteiger partial charge in [0.15, 0.2) is 5.82 Å². The maximum Gasteiger partial charge on any atom is 0.228 e. The van der Waals surface area contributed by atoms with Crippen LogP contribution in [-0.2, 0) is 4.79 Å². The molecule has 0 saturated heterocycles. The third-order valence-electron chi connectivity index (χ3n) is 3.73. The topological polar surface area (TPSA) is 59.8 Å². The molecule has 0 unspecified atom stereocenters. The monoisotopic (exact) mass is 270 g/mol. The first-order chi connectivity index (χ1) is 9.53. The van der Waals surface area contributed by atoms with Crippen LogP contribution >= 0.6 is 0 Å². The molecule has 5 heteroatoms. The number of para-hydroxylation sites is 1. The van der Waals surface area contributed by atoms with Crippen molar-refractivity contribution in [3.05, 3.63) is 36.5 Å². The van der Waals surface area contributed by atoms with Crippen LogP contribution in [-0.4, -0.2) is 20.9 Å². The highest BCUT2D eigenvalue weighted by molar-refractivity contribution is 5.92. The summed E-state index contributed by atoms with van der Waals surface area (Å²) in [5.41, 5.74) is 1.22. The number of amides is 1. The van der Waals surface area contributed by atoms with E-state index in [1.165, 1.54) is 0 Å². The molecule has 0 atom stereocenters. The van der Waals surface area contributed by atoms with E-state index in [0.29, 0.717) is 11.2 Å². The van der Waals surface area contributed by atoms with Crippen LogP contribution in [0.15, 0.2) is 36.5 Å². The fourth-order valence-corrected chi connectivity index (χ4v) is 2.72. The van der Waals surface area contributed by atoms with Crippen LogP contribution in [0.25, 0.3) is 5.69 Å². The van der Waals surface area contributed by atoms with Crippen LogP contribution in [0.4, 0.5) is 5.82 Å². The van der Waals surface area contributed by atoms with Crippen LogP contribution in [0, 0.1) is 11.3 Å². The van der Waals surface area contributed by atoms with Crippen LogP contribution < -0.4 is 5.32 Å². The number of carbonyl (C=O) groups is 1. The summed E-state index contributed by atoms with van der Waals surface area (Å²) in [5, 5.41) is 10.9. The Kier molecular flexibility index (Phi) is 3.04. The summed E-state index contributed by atoms with van der Waals surface area (Å²) in [5.74, 6) is 0.653. The normalized spacial score (nSPS) is 17.5. The minimum atomic E-state index is 0.0458. The number of rotatable bonds is 3. The Morgan fingerprint density at radius 2 is 2.00 bits per heavy atom. The molecule has 1 fully saturated rings. The zero-order chi connectivity index (χ0) is 14.2. The van der Waals surface area contributed by atoms with E-state index in [9.17, 15) is 4.79 Å². The van der Waals surface area contributed by atoms with E-state index in [1.807, 2.05) is 30.3 Å². The van der Waals surface area contributed by atoms with Gasteiger partial charge in [-0.3, -0.25) is 4.79 Å². The summed E-state index contributed by atoms with van der Waals surface area (Å²) in [4.78, 5) is 12.0. The molecule has 1 aliphatic carbocycles. The molecule has 1 aliphatic rings. The van der Waals surface area contributed by atoms with Gasteiger partial charge in [-0.05, 0) is 30.4 Å². The summed E-state index contributed by atoms with van der Waals surface area (Å²) in [6, 6.07) is 9.70. The Bertz CT molecular complexity index is 610. The molecule has 2 aromatic rings. The average molecular weight is 270 g/mol. The fraction of sp³-hybridized carbons (Fsp3) is 0.400. The van der Waals surface area contributed by atoms with Crippen molar-refractivity contribution in [3.8, 4) is 5.69 Å². The van der Waals surface area contributed by atoms with Gasteiger partial charge in [-0.2, -0.15) is 0 Å². The van der Waals surface area contributed by atoms with Crippen molar-refractivity contribution < 1.29 is 4.79 Å². The van der Waals surface area contributed by atoms with Gasteiger partial charge in [-0.15, -0.1) is 5.10 Å². The van der Waals surface area contributed by atoms with Gasteiger partial charge in [-0.1, -0.05) is 37.3 Å². The van der Waals surface area contributed by atoms with Crippen LogP contribution in [0.2, 0.25) is 0 Å². The maximum absolute atomic E-state index is 12.0. The molecular weight excluding hydrogens is 252 g/mol. The molecule has 0 spiro atoms. The number of nitrogens with one attached hydrogen (secondary N) is 1. The lowest BCUT2D eigenvalue weighted by Crippen LogP contribution is -2.39. The molecule has 104 valence electrons. The van der Waals surface area contributed by atoms with Gasteiger partial charge in [-0.25, -0.2) is 4.68 Å². The summed E-state index contributed by atoms with van der Waals surface area (Å²) in [6.07, 6.45) is 3.61. The van der Waals surface area contributed by atoms with Crippen molar-refractivity contribution in [1.82, 2.24) is 15.0 Å². The number of carbonyl (C=O) groups excluding carboxylic acids is 1. The Morgan fingerprint density at radius 1 is 1.30 bits per heavy atom. The van der Waals surface area contributed by atoms with Gasteiger partial charge in [0.25, 0.3) is 0 Å². The van der Waals surface area contributed by atoms with E-state index in [-0.39, 0.29) is 11.8 Å².